The van der Waals surface area contributed by atoms with Crippen LogP contribution in [0.3, 0.4) is 0 Å². The molecule has 0 aliphatic heterocycles. The van der Waals surface area contributed by atoms with Crippen molar-refractivity contribution in [3.8, 4) is 0 Å². The van der Waals surface area contributed by atoms with Gasteiger partial charge in [-0.05, 0) is 24.1 Å². The van der Waals surface area contributed by atoms with Crippen LogP contribution in [0.5, 0.6) is 0 Å². The minimum Gasteiger partial charge on any atom is -0.271 e. The van der Waals surface area contributed by atoms with Gasteiger partial charge in [0.2, 0.25) is 0 Å². The van der Waals surface area contributed by atoms with E-state index in [1.807, 2.05) is 24.3 Å². The zero-order valence-electron chi connectivity index (χ0n) is 11.3. The Morgan fingerprint density at radius 1 is 1.06 bits per heavy atom. The maximum atomic E-state index is 5.88. The van der Waals surface area contributed by atoms with Crippen LogP contribution < -0.4 is 11.3 Å². The lowest BCUT2D eigenvalue weighted by atomic mass is 10.0. The zero-order valence-corrected chi connectivity index (χ0v) is 12.0. The molecule has 3 heteroatoms. The van der Waals surface area contributed by atoms with E-state index in [0.29, 0.717) is 0 Å². The van der Waals surface area contributed by atoms with E-state index in [1.54, 1.807) is 0 Å². The van der Waals surface area contributed by atoms with Crippen molar-refractivity contribution in [3.05, 3.63) is 34.9 Å². The second kappa shape index (κ2) is 9.37. The van der Waals surface area contributed by atoms with Crippen molar-refractivity contribution in [3.63, 3.8) is 0 Å². The highest BCUT2D eigenvalue weighted by molar-refractivity contribution is 6.30. The Kier molecular flexibility index (Phi) is 8.06. The summed E-state index contributed by atoms with van der Waals surface area (Å²) in [6, 6.07) is 8.17. The standard InChI is InChI=1S/C15H25ClN2/c1-2-3-4-5-6-7-8-15(18-17)13-9-11-14(16)12-10-13/h9-12,15,18H,2-8,17H2,1H3. The van der Waals surface area contributed by atoms with E-state index in [4.69, 9.17) is 17.4 Å². The quantitative estimate of drug-likeness (QED) is 0.390. The summed E-state index contributed by atoms with van der Waals surface area (Å²) in [4.78, 5) is 0. The topological polar surface area (TPSA) is 38.0 Å². The van der Waals surface area contributed by atoms with Crippen molar-refractivity contribution in [2.24, 2.45) is 5.84 Å². The van der Waals surface area contributed by atoms with Gasteiger partial charge in [0, 0.05) is 11.1 Å². The third kappa shape index (κ3) is 5.85. The molecule has 0 aliphatic carbocycles. The molecule has 1 aromatic rings. The van der Waals surface area contributed by atoms with Gasteiger partial charge in [0.15, 0.2) is 0 Å². The number of hydrogen-bond donors (Lipinski definition) is 2. The van der Waals surface area contributed by atoms with Crippen molar-refractivity contribution in [2.45, 2.75) is 57.9 Å². The Bertz CT molecular complexity index is 311. The number of benzene rings is 1. The fourth-order valence-corrected chi connectivity index (χ4v) is 2.30. The lowest BCUT2D eigenvalue weighted by molar-refractivity contribution is 0.477. The molecule has 1 unspecified atom stereocenters. The van der Waals surface area contributed by atoms with Gasteiger partial charge < -0.3 is 0 Å². The van der Waals surface area contributed by atoms with Crippen molar-refractivity contribution in [1.29, 1.82) is 0 Å². The fourth-order valence-electron chi connectivity index (χ4n) is 2.17. The summed E-state index contributed by atoms with van der Waals surface area (Å²) in [6.07, 6.45) is 8.97. The highest BCUT2D eigenvalue weighted by atomic mass is 35.5. The molecule has 0 spiro atoms. The number of unbranched alkanes of at least 4 members (excludes halogenated alkanes) is 5. The van der Waals surface area contributed by atoms with Crippen molar-refractivity contribution < 1.29 is 0 Å². The van der Waals surface area contributed by atoms with Gasteiger partial charge in [-0.1, -0.05) is 69.2 Å². The number of hydrogen-bond acceptors (Lipinski definition) is 2. The predicted molar refractivity (Wildman–Crippen MR) is 79.5 cm³/mol. The summed E-state index contributed by atoms with van der Waals surface area (Å²) in [5.41, 5.74) is 4.11. The van der Waals surface area contributed by atoms with E-state index in [0.717, 1.165) is 11.4 Å². The van der Waals surface area contributed by atoms with Crippen molar-refractivity contribution in [1.82, 2.24) is 5.43 Å². The number of halogens is 1. The number of rotatable bonds is 9. The van der Waals surface area contributed by atoms with Crippen molar-refractivity contribution in [2.75, 3.05) is 0 Å². The van der Waals surface area contributed by atoms with Gasteiger partial charge in [-0.3, -0.25) is 11.3 Å². The first-order valence-corrected chi connectivity index (χ1v) is 7.37. The molecule has 0 aromatic heterocycles. The van der Waals surface area contributed by atoms with E-state index in [1.165, 1.54) is 44.1 Å². The molecule has 1 rings (SSSR count). The van der Waals surface area contributed by atoms with Crippen LogP contribution in [0.4, 0.5) is 0 Å². The highest BCUT2D eigenvalue weighted by Gasteiger charge is 2.08. The average Bonchev–Trinajstić information content (AvgIpc) is 2.39. The Morgan fingerprint density at radius 3 is 2.28 bits per heavy atom. The molecule has 0 bridgehead atoms. The third-order valence-corrected chi connectivity index (χ3v) is 3.57. The number of nitrogens with two attached hydrogens (primary N) is 1. The smallest absolute Gasteiger partial charge is 0.0460 e. The van der Waals surface area contributed by atoms with Crippen LogP contribution in [0.15, 0.2) is 24.3 Å². The second-order valence-electron chi connectivity index (χ2n) is 4.83. The Hall–Kier alpha value is -0.570. The SMILES string of the molecule is CCCCCCCCC(NN)c1ccc(Cl)cc1. The van der Waals surface area contributed by atoms with Gasteiger partial charge in [-0.2, -0.15) is 0 Å². The summed E-state index contributed by atoms with van der Waals surface area (Å²) < 4.78 is 0. The van der Waals surface area contributed by atoms with Gasteiger partial charge in [0.05, 0.1) is 0 Å². The van der Waals surface area contributed by atoms with Crippen LogP contribution in [0, 0.1) is 0 Å². The summed E-state index contributed by atoms with van der Waals surface area (Å²) in [6.45, 7) is 2.24. The molecule has 0 amide bonds. The molecule has 0 saturated heterocycles. The van der Waals surface area contributed by atoms with E-state index < -0.39 is 0 Å². The first kappa shape index (κ1) is 15.5. The molecule has 1 atom stereocenters. The number of nitrogens with one attached hydrogen (secondary N) is 1. The second-order valence-corrected chi connectivity index (χ2v) is 5.26. The van der Waals surface area contributed by atoms with Gasteiger partial charge in [-0.25, -0.2) is 0 Å². The summed E-state index contributed by atoms with van der Waals surface area (Å²) >= 11 is 5.88. The van der Waals surface area contributed by atoms with Gasteiger partial charge in [0.25, 0.3) is 0 Å². The molecule has 18 heavy (non-hydrogen) atoms. The summed E-state index contributed by atoms with van der Waals surface area (Å²) in [7, 11) is 0. The fraction of sp³-hybridized carbons (Fsp3) is 0.600. The van der Waals surface area contributed by atoms with Crippen LogP contribution in [0.2, 0.25) is 5.02 Å². The van der Waals surface area contributed by atoms with Crippen molar-refractivity contribution >= 4 is 11.6 Å². The van der Waals surface area contributed by atoms with E-state index >= 15 is 0 Å². The largest absolute Gasteiger partial charge is 0.271 e. The molecule has 2 nitrogen and oxygen atoms in total. The first-order chi connectivity index (χ1) is 8.77. The average molecular weight is 269 g/mol. The van der Waals surface area contributed by atoms with Crippen LogP contribution >= 0.6 is 11.6 Å². The third-order valence-electron chi connectivity index (χ3n) is 3.32. The minimum atomic E-state index is 0.244. The molecular formula is C15H25ClN2. The molecule has 0 saturated carbocycles. The Morgan fingerprint density at radius 2 is 1.67 bits per heavy atom. The Labute approximate surface area is 116 Å². The molecule has 102 valence electrons. The van der Waals surface area contributed by atoms with Gasteiger partial charge >= 0.3 is 0 Å². The molecule has 0 fully saturated rings. The lowest BCUT2D eigenvalue weighted by Crippen LogP contribution is -2.27. The van der Waals surface area contributed by atoms with Gasteiger partial charge in [-0.15, -0.1) is 0 Å². The van der Waals surface area contributed by atoms with Crippen LogP contribution in [0.1, 0.15) is 63.5 Å². The van der Waals surface area contributed by atoms with E-state index in [-0.39, 0.29) is 6.04 Å². The maximum Gasteiger partial charge on any atom is 0.0460 e. The van der Waals surface area contributed by atoms with E-state index in [9.17, 15) is 0 Å². The molecule has 0 radical (unpaired) electrons. The Balaban J connectivity index is 2.27. The number of hydrazine groups is 1. The maximum absolute atomic E-state index is 5.88. The molecular weight excluding hydrogens is 244 g/mol. The molecule has 0 aliphatic rings. The van der Waals surface area contributed by atoms with Crippen LogP contribution in [0.25, 0.3) is 0 Å². The van der Waals surface area contributed by atoms with Gasteiger partial charge in [0.1, 0.15) is 0 Å². The summed E-state index contributed by atoms with van der Waals surface area (Å²) in [5.74, 6) is 5.62. The van der Waals surface area contributed by atoms with Crippen LogP contribution in [-0.2, 0) is 0 Å². The lowest BCUT2D eigenvalue weighted by Gasteiger charge is -2.16. The molecule has 1 aromatic carbocycles. The van der Waals surface area contributed by atoms with E-state index in [2.05, 4.69) is 12.3 Å². The first-order valence-electron chi connectivity index (χ1n) is 6.99. The van der Waals surface area contributed by atoms with Crippen LogP contribution in [-0.4, -0.2) is 0 Å². The monoisotopic (exact) mass is 268 g/mol. The zero-order chi connectivity index (χ0) is 13.2. The summed E-state index contributed by atoms with van der Waals surface area (Å²) in [5, 5.41) is 0.772. The minimum absolute atomic E-state index is 0.244. The predicted octanol–water partition coefficient (Wildman–Crippen LogP) is 4.60. The highest BCUT2D eigenvalue weighted by Crippen LogP contribution is 2.21. The molecule has 0 heterocycles. The normalized spacial score (nSPS) is 12.6. The molecule has 3 N–H and O–H groups in total.